The Morgan fingerprint density at radius 1 is 1.11 bits per heavy atom. The second kappa shape index (κ2) is 8.32. The first-order valence-corrected chi connectivity index (χ1v) is 11.6. The van der Waals surface area contributed by atoms with Gasteiger partial charge in [0.05, 0.1) is 22.0 Å². The summed E-state index contributed by atoms with van der Waals surface area (Å²) < 4.78 is 0. The number of Topliss-reactive ketones (excluding diaryl/α,β-unsaturated/α-hetero) is 1. The molecule has 1 aliphatic carbocycles. The number of halogens is 2. The molecule has 0 spiro atoms. The summed E-state index contributed by atoms with van der Waals surface area (Å²) in [6.07, 6.45) is 4.03. The lowest BCUT2D eigenvalue weighted by molar-refractivity contribution is -0.135. The van der Waals surface area contributed by atoms with Crippen LogP contribution in [0.25, 0.3) is 0 Å². The van der Waals surface area contributed by atoms with Crippen LogP contribution in [-0.4, -0.2) is 65.2 Å². The molecule has 2 unspecified atom stereocenters. The fourth-order valence-corrected chi connectivity index (χ4v) is 5.84. The molecule has 0 saturated carbocycles. The third-order valence-electron chi connectivity index (χ3n) is 5.88. The number of carbonyl (C=O) groups is 2. The van der Waals surface area contributed by atoms with E-state index in [1.807, 2.05) is 16.7 Å². The summed E-state index contributed by atoms with van der Waals surface area (Å²) in [5.41, 5.74) is 1.30. The van der Waals surface area contributed by atoms with Crippen LogP contribution >= 0.6 is 35.0 Å². The Bertz CT molecular complexity index is 752. The lowest BCUT2D eigenvalue weighted by Crippen LogP contribution is -2.53. The van der Waals surface area contributed by atoms with Crippen molar-refractivity contribution >= 4 is 46.7 Å². The van der Waals surface area contributed by atoms with E-state index < -0.39 is 5.92 Å². The summed E-state index contributed by atoms with van der Waals surface area (Å²) in [7, 11) is 0. The molecule has 0 bridgehead atoms. The number of ketones is 1. The van der Waals surface area contributed by atoms with Crippen LogP contribution in [-0.2, 0) is 4.79 Å². The highest BCUT2D eigenvalue weighted by Crippen LogP contribution is 2.39. The molecule has 2 atom stereocenters. The lowest BCUT2D eigenvalue weighted by Gasteiger charge is -2.40. The van der Waals surface area contributed by atoms with Crippen molar-refractivity contribution in [3.8, 4) is 0 Å². The van der Waals surface area contributed by atoms with Crippen molar-refractivity contribution in [3.63, 3.8) is 0 Å². The number of hydrogen-bond donors (Lipinski definition) is 0. The number of carbonyl (C=O) groups excluding carboxylic acids is 2. The number of hydrogen-bond acceptors (Lipinski definition) is 4. The summed E-state index contributed by atoms with van der Waals surface area (Å²) in [6, 6.07) is 3.55. The Morgan fingerprint density at radius 3 is 2.63 bits per heavy atom. The molecule has 2 saturated heterocycles. The lowest BCUT2D eigenvalue weighted by atomic mass is 9.98. The third-order valence-corrected chi connectivity index (χ3v) is 7.70. The molecule has 146 valence electrons. The summed E-state index contributed by atoms with van der Waals surface area (Å²) in [5, 5.41) is 0.774. The van der Waals surface area contributed by atoms with E-state index in [0.29, 0.717) is 15.6 Å². The highest BCUT2D eigenvalue weighted by atomic mass is 35.5. The van der Waals surface area contributed by atoms with Gasteiger partial charge in [-0.2, -0.15) is 11.8 Å². The average Bonchev–Trinajstić information content (AvgIpc) is 2.99. The average molecular weight is 427 g/mol. The van der Waals surface area contributed by atoms with Crippen LogP contribution in [0.4, 0.5) is 0 Å². The van der Waals surface area contributed by atoms with Crippen LogP contribution in [0.2, 0.25) is 10.0 Å². The number of fused-ring (bicyclic) bond motifs is 1. The zero-order valence-corrected chi connectivity index (χ0v) is 17.6. The van der Waals surface area contributed by atoms with Crippen molar-refractivity contribution in [3.05, 3.63) is 33.3 Å². The smallest absolute Gasteiger partial charge is 0.230 e. The highest BCUT2D eigenvalue weighted by Gasteiger charge is 2.40. The number of amides is 1. The Labute approximate surface area is 174 Å². The minimum atomic E-state index is -0.422. The Kier molecular flexibility index (Phi) is 6.03. The zero-order chi connectivity index (χ0) is 19.0. The molecular formula is C20H24Cl2N2O2S. The minimum Gasteiger partial charge on any atom is -0.336 e. The SMILES string of the molecule is O=C1CC(C(=O)N2CCSCC2CN2CCCCC2)c2cc(Cl)c(Cl)cc21. The van der Waals surface area contributed by atoms with Gasteiger partial charge in [-0.15, -0.1) is 0 Å². The normalized spacial score (nSPS) is 26.3. The summed E-state index contributed by atoms with van der Waals surface area (Å²) >= 11 is 14.2. The van der Waals surface area contributed by atoms with Crippen LogP contribution in [0.3, 0.4) is 0 Å². The van der Waals surface area contributed by atoms with E-state index in [1.165, 1.54) is 19.3 Å². The maximum atomic E-state index is 13.4. The predicted molar refractivity (Wildman–Crippen MR) is 111 cm³/mol. The van der Waals surface area contributed by atoms with Gasteiger partial charge in [0.1, 0.15) is 0 Å². The molecule has 4 rings (SSSR count). The van der Waals surface area contributed by atoms with E-state index in [-0.39, 0.29) is 24.2 Å². The highest BCUT2D eigenvalue weighted by molar-refractivity contribution is 7.99. The van der Waals surface area contributed by atoms with Crippen LogP contribution in [0.1, 0.15) is 47.5 Å². The first-order chi connectivity index (χ1) is 13.0. The molecule has 0 radical (unpaired) electrons. The maximum Gasteiger partial charge on any atom is 0.230 e. The van der Waals surface area contributed by atoms with Gasteiger partial charge in [-0.1, -0.05) is 29.6 Å². The number of rotatable bonds is 3. The van der Waals surface area contributed by atoms with Crippen molar-refractivity contribution in [1.29, 1.82) is 0 Å². The Morgan fingerprint density at radius 2 is 1.85 bits per heavy atom. The van der Waals surface area contributed by atoms with Crippen molar-refractivity contribution < 1.29 is 9.59 Å². The number of nitrogens with zero attached hydrogens (tertiary/aromatic N) is 2. The van der Waals surface area contributed by atoms with E-state index in [9.17, 15) is 9.59 Å². The third kappa shape index (κ3) is 4.02. The molecule has 0 N–H and O–H groups in total. The molecule has 1 amide bonds. The molecule has 0 aromatic heterocycles. The van der Waals surface area contributed by atoms with E-state index in [0.717, 1.165) is 43.2 Å². The van der Waals surface area contributed by atoms with Gasteiger partial charge in [-0.3, -0.25) is 9.59 Å². The standard InChI is InChI=1S/C20H24Cl2N2O2S/c21-17-8-14-15(9-18(17)22)19(25)10-16(14)20(26)24-6-7-27-12-13(24)11-23-4-2-1-3-5-23/h8-9,13,16H,1-7,10-12H2. The summed E-state index contributed by atoms with van der Waals surface area (Å²) in [4.78, 5) is 30.4. The summed E-state index contributed by atoms with van der Waals surface area (Å²) in [5.74, 6) is 1.56. The van der Waals surface area contributed by atoms with E-state index in [4.69, 9.17) is 23.2 Å². The molecular weight excluding hydrogens is 403 g/mol. The fraction of sp³-hybridized carbons (Fsp3) is 0.600. The number of benzene rings is 1. The Hall–Kier alpha value is -0.750. The van der Waals surface area contributed by atoms with Crippen LogP contribution in [0.5, 0.6) is 0 Å². The molecule has 2 fully saturated rings. The first kappa shape index (κ1) is 19.6. The van der Waals surface area contributed by atoms with E-state index in [1.54, 1.807) is 12.1 Å². The van der Waals surface area contributed by atoms with Gasteiger partial charge in [-0.05, 0) is 43.6 Å². The molecule has 2 aliphatic heterocycles. The van der Waals surface area contributed by atoms with Gasteiger partial charge in [0.15, 0.2) is 5.78 Å². The minimum absolute atomic E-state index is 0.0131. The molecule has 7 heteroatoms. The topological polar surface area (TPSA) is 40.6 Å². The maximum absolute atomic E-state index is 13.4. The van der Waals surface area contributed by atoms with Crippen molar-refractivity contribution in [2.45, 2.75) is 37.6 Å². The Balaban J connectivity index is 1.54. The van der Waals surface area contributed by atoms with Crippen molar-refractivity contribution in [2.24, 2.45) is 0 Å². The number of thioether (sulfide) groups is 1. The molecule has 1 aromatic carbocycles. The largest absolute Gasteiger partial charge is 0.336 e. The van der Waals surface area contributed by atoms with Crippen LogP contribution < -0.4 is 0 Å². The van der Waals surface area contributed by atoms with Crippen LogP contribution in [0, 0.1) is 0 Å². The quantitative estimate of drug-likeness (QED) is 0.729. The molecule has 1 aromatic rings. The van der Waals surface area contributed by atoms with Gasteiger partial charge < -0.3 is 9.80 Å². The van der Waals surface area contributed by atoms with E-state index in [2.05, 4.69) is 4.90 Å². The van der Waals surface area contributed by atoms with Crippen molar-refractivity contribution in [1.82, 2.24) is 9.80 Å². The molecule has 2 heterocycles. The second-order valence-electron chi connectivity index (χ2n) is 7.66. The molecule has 3 aliphatic rings. The van der Waals surface area contributed by atoms with Crippen LogP contribution in [0.15, 0.2) is 12.1 Å². The molecule has 4 nitrogen and oxygen atoms in total. The molecule has 27 heavy (non-hydrogen) atoms. The fourth-order valence-electron chi connectivity index (χ4n) is 4.45. The predicted octanol–water partition coefficient (Wildman–Crippen LogP) is 4.09. The van der Waals surface area contributed by atoms with Gasteiger partial charge in [0.2, 0.25) is 5.91 Å². The zero-order valence-electron chi connectivity index (χ0n) is 15.3. The second-order valence-corrected chi connectivity index (χ2v) is 9.62. The monoisotopic (exact) mass is 426 g/mol. The van der Waals surface area contributed by atoms with Gasteiger partial charge >= 0.3 is 0 Å². The van der Waals surface area contributed by atoms with Gasteiger partial charge in [0, 0.05) is 36.6 Å². The van der Waals surface area contributed by atoms with E-state index >= 15 is 0 Å². The van der Waals surface area contributed by atoms with Gasteiger partial charge in [-0.25, -0.2) is 0 Å². The van der Waals surface area contributed by atoms with Gasteiger partial charge in [0.25, 0.3) is 0 Å². The van der Waals surface area contributed by atoms with Crippen molar-refractivity contribution in [2.75, 3.05) is 37.7 Å². The number of piperidine rings is 1. The summed E-state index contributed by atoms with van der Waals surface area (Å²) in [6.45, 7) is 3.95. The number of likely N-dealkylation sites (tertiary alicyclic amines) is 1. The first-order valence-electron chi connectivity index (χ1n) is 9.67.